The maximum Gasteiger partial charge on any atom is 1.00 e. The van der Waals surface area contributed by atoms with Gasteiger partial charge < -0.3 is 17.7 Å². The summed E-state index contributed by atoms with van der Waals surface area (Å²) in [4.78, 5) is 11.3. The van der Waals surface area contributed by atoms with Gasteiger partial charge in [0.1, 0.15) is 0 Å². The molecule has 2 nitrogen and oxygen atoms in total. The maximum atomic E-state index is 12.7. The number of esters is 1. The van der Waals surface area contributed by atoms with Gasteiger partial charge in [0.15, 0.2) is 0 Å². The van der Waals surface area contributed by atoms with E-state index in [2.05, 4.69) is 17.4 Å². The van der Waals surface area contributed by atoms with Gasteiger partial charge in [0.25, 0.3) is 0 Å². The quantitative estimate of drug-likeness (QED) is 0.435. The Morgan fingerprint density at radius 2 is 1.88 bits per heavy atom. The van der Waals surface area contributed by atoms with E-state index in [1.165, 1.54) is 13.0 Å². The normalized spacial score (nSPS) is 10.7. The average molecular weight is 288 g/mol. The van der Waals surface area contributed by atoms with E-state index < -0.39 is 18.4 Å². The summed E-state index contributed by atoms with van der Waals surface area (Å²) in [6.45, 7) is -3.85. The Kier molecular flexibility index (Phi) is 6.83. The zero-order valence-electron chi connectivity index (χ0n) is 9.63. The van der Waals surface area contributed by atoms with Gasteiger partial charge >= 0.3 is 64.3 Å². The number of carbonyl (C=O) groups is 1. The van der Waals surface area contributed by atoms with Gasteiger partial charge in [0.2, 0.25) is 0 Å². The molecule has 0 amide bonds. The van der Waals surface area contributed by atoms with Crippen LogP contribution in [0.3, 0.4) is 0 Å². The van der Waals surface area contributed by atoms with E-state index in [0.717, 1.165) is 13.2 Å². The van der Waals surface area contributed by atoms with Crippen molar-refractivity contribution in [3.05, 3.63) is 23.3 Å². The first-order chi connectivity index (χ1) is 7.27. The smallest absolute Gasteiger partial charge is 0.465 e. The third kappa shape index (κ3) is 4.29. The van der Waals surface area contributed by atoms with Crippen LogP contribution in [0.4, 0.5) is 12.9 Å². The fourth-order valence-electron chi connectivity index (χ4n) is 1.30. The summed E-state index contributed by atoms with van der Waals surface area (Å²) in [5, 5.41) is 0. The summed E-state index contributed by atoms with van der Waals surface area (Å²) in [6, 6.07) is 2.05. The van der Waals surface area contributed by atoms with Crippen molar-refractivity contribution >= 4 is 31.0 Å². The van der Waals surface area contributed by atoms with E-state index in [1.54, 1.807) is 0 Å². The van der Waals surface area contributed by atoms with Gasteiger partial charge in [-0.1, -0.05) is 11.6 Å². The van der Waals surface area contributed by atoms with Crippen LogP contribution in [0.2, 0.25) is 0 Å². The summed E-state index contributed by atoms with van der Waals surface area (Å²) < 4.78 is 42.3. The number of rotatable bonds is 2. The Labute approximate surface area is 145 Å². The Morgan fingerprint density at radius 3 is 2.29 bits per heavy atom. The molecule has 17 heavy (non-hydrogen) atoms. The first-order valence-corrected chi connectivity index (χ1v) is 4.84. The molecule has 0 fully saturated rings. The van der Waals surface area contributed by atoms with Gasteiger partial charge in [-0.15, -0.1) is 18.1 Å². The van der Waals surface area contributed by atoms with E-state index in [0.29, 0.717) is 0 Å². The Bertz CT molecular complexity index is 437. The fourth-order valence-corrected chi connectivity index (χ4v) is 1.56. The molecule has 88 valence electrons. The van der Waals surface area contributed by atoms with Crippen LogP contribution in [0.1, 0.15) is 15.9 Å². The van der Waals surface area contributed by atoms with Crippen LogP contribution in [-0.4, -0.2) is 20.1 Å². The van der Waals surface area contributed by atoms with E-state index in [9.17, 15) is 17.7 Å². The molecule has 0 N–H and O–H groups in total. The number of benzene rings is 1. The molecule has 1 aromatic carbocycles. The number of methoxy groups -OCH3 is 1. The van der Waals surface area contributed by atoms with Crippen molar-refractivity contribution in [3.8, 4) is 0 Å². The predicted molar refractivity (Wildman–Crippen MR) is 58.5 cm³/mol. The minimum atomic E-state index is -5.16. The van der Waals surface area contributed by atoms with Crippen molar-refractivity contribution in [1.82, 2.24) is 0 Å². The molecule has 0 bridgehead atoms. The Hall–Kier alpha value is 0.531. The van der Waals surface area contributed by atoms with Crippen LogP contribution < -0.4 is 56.8 Å². The second-order valence-corrected chi connectivity index (χ2v) is 3.76. The molecule has 0 saturated carbocycles. The largest absolute Gasteiger partial charge is 1.00 e. The van der Waals surface area contributed by atoms with Gasteiger partial charge in [0, 0.05) is 4.90 Å². The van der Waals surface area contributed by atoms with Crippen molar-refractivity contribution in [2.24, 2.45) is 0 Å². The zero-order chi connectivity index (χ0) is 12.5. The van der Waals surface area contributed by atoms with Crippen LogP contribution in [0.25, 0.3) is 0 Å². The topological polar surface area (TPSA) is 26.3 Å². The van der Waals surface area contributed by atoms with E-state index >= 15 is 0 Å². The van der Waals surface area contributed by atoms with Crippen LogP contribution >= 0.6 is 12.6 Å². The molecule has 0 heterocycles. The van der Waals surface area contributed by atoms with Gasteiger partial charge in [-0.3, -0.25) is 0 Å². The first-order valence-electron chi connectivity index (χ1n) is 4.39. The van der Waals surface area contributed by atoms with Crippen LogP contribution in [0.5, 0.6) is 0 Å². The number of hydrogen-bond acceptors (Lipinski definition) is 3. The van der Waals surface area contributed by atoms with Crippen molar-refractivity contribution in [2.45, 2.75) is 11.8 Å². The summed E-state index contributed by atoms with van der Waals surface area (Å²) in [5.74, 6) is -0.809. The molecule has 1 aromatic rings. The molecule has 0 unspecified atom stereocenters. The van der Waals surface area contributed by atoms with Gasteiger partial charge in [-0.05, 0) is 13.0 Å². The van der Waals surface area contributed by atoms with E-state index in [4.69, 9.17) is 0 Å². The summed E-state index contributed by atoms with van der Waals surface area (Å²) >= 11 is 3.90. The van der Waals surface area contributed by atoms with Crippen LogP contribution in [0, 0.1) is 6.92 Å². The van der Waals surface area contributed by atoms with E-state index in [1.807, 2.05) is 0 Å². The molecule has 0 aliphatic heterocycles. The van der Waals surface area contributed by atoms with Crippen molar-refractivity contribution in [3.63, 3.8) is 0 Å². The molecule has 0 saturated heterocycles. The predicted octanol–water partition coefficient (Wildman–Crippen LogP) is -0.871. The third-order valence-corrected chi connectivity index (χ3v) is 2.66. The monoisotopic (exact) mass is 288 g/mol. The van der Waals surface area contributed by atoms with Crippen LogP contribution in [0.15, 0.2) is 17.0 Å². The molecule has 0 radical (unpaired) electrons. The number of hydrogen-bond donors (Lipinski definition) is 1. The Balaban J connectivity index is 0.00000256. The van der Waals surface area contributed by atoms with Crippen molar-refractivity contribution in [1.29, 1.82) is 0 Å². The maximum absolute atomic E-state index is 12.7. The molecule has 0 atom stereocenters. The summed E-state index contributed by atoms with van der Waals surface area (Å²) in [6.07, 6.45) is 0. The molecule has 0 spiro atoms. The fraction of sp³-hybridized carbons (Fsp3) is 0.222. The number of carbonyl (C=O) groups excluding carboxylic acids is 1. The first kappa shape index (κ1) is 17.5. The van der Waals surface area contributed by atoms with Crippen molar-refractivity contribution in [2.75, 3.05) is 7.11 Å². The molecule has 1 rings (SSSR count). The number of thiol groups is 1. The van der Waals surface area contributed by atoms with Crippen LogP contribution in [-0.2, 0) is 4.74 Å². The van der Waals surface area contributed by atoms with Gasteiger partial charge in [-0.2, -0.15) is 0 Å². The standard InChI is InChI=1S/C9H9BF3O2S.K/c1-5-7(10(11,12)13)3-6(4-8(5)16)9(14)15-2;/h3-4,16H,1-2H3;/q-1;+1. The number of ether oxygens (including phenoxy) is 1. The SMILES string of the molecule is COC(=O)c1cc(S)c(C)c([B-](F)(F)F)c1.[K+]. The van der Waals surface area contributed by atoms with Gasteiger partial charge in [0.05, 0.1) is 12.7 Å². The minimum absolute atomic E-state index is 0. The average Bonchev–Trinajstić information content (AvgIpc) is 2.18. The minimum Gasteiger partial charge on any atom is -0.465 e. The molecule has 0 aromatic heterocycles. The third-order valence-electron chi connectivity index (χ3n) is 2.19. The molecule has 0 aliphatic rings. The molecule has 0 aliphatic carbocycles. The summed E-state index contributed by atoms with van der Waals surface area (Å²) in [7, 11) is 1.11. The second kappa shape index (κ2) is 6.63. The van der Waals surface area contributed by atoms with Crippen molar-refractivity contribution < 1.29 is 73.9 Å². The Morgan fingerprint density at radius 1 is 1.35 bits per heavy atom. The van der Waals surface area contributed by atoms with Gasteiger partial charge in [-0.25, -0.2) is 4.79 Å². The molecular formula is C9H9BF3KO2S. The summed E-state index contributed by atoms with van der Waals surface area (Å²) in [5.41, 5.74) is -0.941. The molecule has 8 heteroatoms. The number of halogens is 3. The van der Waals surface area contributed by atoms with E-state index in [-0.39, 0.29) is 67.4 Å². The molecular weight excluding hydrogens is 279 g/mol. The second-order valence-electron chi connectivity index (χ2n) is 3.28. The zero-order valence-corrected chi connectivity index (χ0v) is 13.6.